The average Bonchev–Trinajstić information content (AvgIpc) is 2.22. The summed E-state index contributed by atoms with van der Waals surface area (Å²) in [5.41, 5.74) is 0.618. The van der Waals surface area contributed by atoms with Gasteiger partial charge < -0.3 is 4.90 Å². The van der Waals surface area contributed by atoms with E-state index >= 15 is 0 Å². The Morgan fingerprint density at radius 2 is 1.59 bits per heavy atom. The number of hydrogen-bond acceptors (Lipinski definition) is 2. The molecule has 0 aromatic rings. The highest BCUT2D eigenvalue weighted by Gasteiger charge is 2.17. The fraction of sp³-hybridized carbons (Fsp3) is 0.786. The van der Waals surface area contributed by atoms with Crippen LogP contribution in [-0.2, 0) is 4.79 Å². The van der Waals surface area contributed by atoms with Crippen molar-refractivity contribution in [1.82, 2.24) is 9.80 Å². The van der Waals surface area contributed by atoms with E-state index in [-0.39, 0.29) is 5.91 Å². The van der Waals surface area contributed by atoms with E-state index in [4.69, 9.17) is 0 Å². The molecule has 3 nitrogen and oxygen atoms in total. The van der Waals surface area contributed by atoms with Gasteiger partial charge in [-0.3, -0.25) is 9.69 Å². The molecule has 0 saturated carbocycles. The molecular weight excluding hydrogens is 212 g/mol. The Labute approximate surface area is 106 Å². The molecular formula is C14H28N2O. The van der Waals surface area contributed by atoms with Gasteiger partial charge in [-0.05, 0) is 41.5 Å². The molecule has 0 aliphatic heterocycles. The number of amides is 1. The van der Waals surface area contributed by atoms with Crippen molar-refractivity contribution < 1.29 is 4.79 Å². The summed E-state index contributed by atoms with van der Waals surface area (Å²) in [6.45, 7) is 18.7. The van der Waals surface area contributed by atoms with Crippen LogP contribution < -0.4 is 0 Å². The Morgan fingerprint density at radius 1 is 1.12 bits per heavy atom. The average molecular weight is 240 g/mol. The molecule has 0 atom stereocenters. The first-order chi connectivity index (χ1) is 7.81. The van der Waals surface area contributed by atoms with Gasteiger partial charge in [-0.15, -0.1) is 0 Å². The van der Waals surface area contributed by atoms with Gasteiger partial charge in [-0.25, -0.2) is 0 Å². The van der Waals surface area contributed by atoms with Crippen LogP contribution in [0.4, 0.5) is 0 Å². The van der Waals surface area contributed by atoms with Crippen LogP contribution in [0.15, 0.2) is 12.2 Å². The topological polar surface area (TPSA) is 23.6 Å². The highest BCUT2D eigenvalue weighted by Crippen LogP contribution is 2.06. The highest BCUT2D eigenvalue weighted by molar-refractivity contribution is 5.92. The second kappa shape index (κ2) is 7.49. The third-order valence-electron chi connectivity index (χ3n) is 2.99. The number of carbonyl (C=O) groups is 1. The van der Waals surface area contributed by atoms with Crippen LogP contribution in [0.5, 0.6) is 0 Å². The van der Waals surface area contributed by atoms with Crippen molar-refractivity contribution in [3.05, 3.63) is 12.2 Å². The number of nitrogens with zero attached hydrogens (tertiary/aromatic N) is 2. The summed E-state index contributed by atoms with van der Waals surface area (Å²) in [5.74, 6) is 0.0694. The van der Waals surface area contributed by atoms with Crippen molar-refractivity contribution in [2.45, 2.75) is 53.6 Å². The summed E-state index contributed by atoms with van der Waals surface area (Å²) in [5, 5.41) is 0. The van der Waals surface area contributed by atoms with E-state index in [1.54, 1.807) is 6.92 Å². The monoisotopic (exact) mass is 240 g/mol. The minimum atomic E-state index is 0.0694. The highest BCUT2D eigenvalue weighted by atomic mass is 16.2. The maximum Gasteiger partial charge on any atom is 0.248 e. The summed E-state index contributed by atoms with van der Waals surface area (Å²) in [7, 11) is 0. The molecule has 0 aliphatic carbocycles. The molecule has 17 heavy (non-hydrogen) atoms. The van der Waals surface area contributed by atoms with Crippen LogP contribution >= 0.6 is 0 Å². The lowest BCUT2D eigenvalue weighted by molar-refractivity contribution is -0.127. The summed E-state index contributed by atoms with van der Waals surface area (Å²) < 4.78 is 0. The zero-order valence-corrected chi connectivity index (χ0v) is 12.3. The standard InChI is InChI=1S/C14H28N2O/c1-8-15(14(17)11(2)3)9-10-16(12(4)5)13(6)7/h12-13H,2,8-10H2,1,3-7H3. The molecule has 0 aromatic heterocycles. The molecule has 0 unspecified atom stereocenters. The molecule has 0 bridgehead atoms. The molecule has 3 heteroatoms. The van der Waals surface area contributed by atoms with E-state index in [2.05, 4.69) is 39.2 Å². The molecule has 0 fully saturated rings. The molecule has 0 aliphatic rings. The lowest BCUT2D eigenvalue weighted by atomic mass is 10.2. The van der Waals surface area contributed by atoms with Gasteiger partial charge in [0.2, 0.25) is 5.91 Å². The van der Waals surface area contributed by atoms with E-state index in [0.717, 1.165) is 19.6 Å². The summed E-state index contributed by atoms with van der Waals surface area (Å²) in [6.07, 6.45) is 0. The van der Waals surface area contributed by atoms with Crippen LogP contribution in [0, 0.1) is 0 Å². The second-order valence-electron chi connectivity index (χ2n) is 5.09. The van der Waals surface area contributed by atoms with Gasteiger partial charge in [0, 0.05) is 37.3 Å². The third-order valence-corrected chi connectivity index (χ3v) is 2.99. The van der Waals surface area contributed by atoms with Gasteiger partial charge >= 0.3 is 0 Å². The Morgan fingerprint density at radius 3 is 1.88 bits per heavy atom. The predicted molar refractivity (Wildman–Crippen MR) is 74.0 cm³/mol. The fourth-order valence-electron chi connectivity index (χ4n) is 2.02. The number of likely N-dealkylation sites (N-methyl/N-ethyl adjacent to an activating group) is 1. The first kappa shape index (κ1) is 16.2. The minimum Gasteiger partial charge on any atom is -0.338 e. The van der Waals surface area contributed by atoms with Crippen LogP contribution in [-0.4, -0.2) is 47.4 Å². The smallest absolute Gasteiger partial charge is 0.248 e. The Hall–Kier alpha value is -0.830. The second-order valence-corrected chi connectivity index (χ2v) is 5.09. The molecule has 0 aromatic carbocycles. The molecule has 0 radical (unpaired) electrons. The van der Waals surface area contributed by atoms with Crippen molar-refractivity contribution in [1.29, 1.82) is 0 Å². The quantitative estimate of drug-likeness (QED) is 0.638. The van der Waals surface area contributed by atoms with Crippen LogP contribution in [0.2, 0.25) is 0 Å². The number of hydrogen-bond donors (Lipinski definition) is 0. The normalized spacial score (nSPS) is 11.4. The Kier molecular flexibility index (Phi) is 7.12. The van der Waals surface area contributed by atoms with E-state index in [0.29, 0.717) is 17.7 Å². The first-order valence-corrected chi connectivity index (χ1v) is 6.51. The van der Waals surface area contributed by atoms with Crippen molar-refractivity contribution in [3.8, 4) is 0 Å². The first-order valence-electron chi connectivity index (χ1n) is 6.51. The minimum absolute atomic E-state index is 0.0694. The zero-order chi connectivity index (χ0) is 13.6. The van der Waals surface area contributed by atoms with Crippen molar-refractivity contribution in [2.75, 3.05) is 19.6 Å². The largest absolute Gasteiger partial charge is 0.338 e. The van der Waals surface area contributed by atoms with Gasteiger partial charge in [0.25, 0.3) is 0 Å². The van der Waals surface area contributed by atoms with E-state index < -0.39 is 0 Å². The number of carbonyl (C=O) groups excluding carboxylic acids is 1. The van der Waals surface area contributed by atoms with Crippen molar-refractivity contribution in [3.63, 3.8) is 0 Å². The van der Waals surface area contributed by atoms with Gasteiger partial charge in [-0.2, -0.15) is 0 Å². The van der Waals surface area contributed by atoms with Gasteiger partial charge in [0.05, 0.1) is 0 Å². The van der Waals surface area contributed by atoms with Gasteiger partial charge in [-0.1, -0.05) is 6.58 Å². The van der Waals surface area contributed by atoms with Crippen LogP contribution in [0.3, 0.4) is 0 Å². The third kappa shape index (κ3) is 5.35. The Balaban J connectivity index is 4.40. The maximum absolute atomic E-state index is 11.8. The lowest BCUT2D eigenvalue weighted by Crippen LogP contribution is -2.44. The molecule has 0 N–H and O–H groups in total. The molecule has 0 spiro atoms. The molecule has 0 rings (SSSR count). The fourth-order valence-corrected chi connectivity index (χ4v) is 2.02. The van der Waals surface area contributed by atoms with Gasteiger partial charge in [0.15, 0.2) is 0 Å². The number of rotatable bonds is 7. The lowest BCUT2D eigenvalue weighted by Gasteiger charge is -2.33. The van der Waals surface area contributed by atoms with Crippen molar-refractivity contribution >= 4 is 5.91 Å². The zero-order valence-electron chi connectivity index (χ0n) is 12.3. The summed E-state index contributed by atoms with van der Waals surface area (Å²) >= 11 is 0. The molecule has 100 valence electrons. The maximum atomic E-state index is 11.8. The van der Waals surface area contributed by atoms with Crippen LogP contribution in [0.25, 0.3) is 0 Å². The molecule has 0 heterocycles. The Bertz CT molecular complexity index is 251. The SMILES string of the molecule is C=C(C)C(=O)N(CC)CCN(C(C)C)C(C)C. The van der Waals surface area contributed by atoms with Crippen molar-refractivity contribution in [2.24, 2.45) is 0 Å². The molecule has 1 amide bonds. The van der Waals surface area contributed by atoms with E-state index in [9.17, 15) is 4.79 Å². The molecule has 0 saturated heterocycles. The van der Waals surface area contributed by atoms with Gasteiger partial charge in [0.1, 0.15) is 0 Å². The van der Waals surface area contributed by atoms with E-state index in [1.807, 2.05) is 11.8 Å². The predicted octanol–water partition coefficient (Wildman–Crippen LogP) is 2.53. The summed E-state index contributed by atoms with van der Waals surface area (Å²) in [6, 6.07) is 1.02. The summed E-state index contributed by atoms with van der Waals surface area (Å²) in [4.78, 5) is 16.1. The van der Waals surface area contributed by atoms with E-state index in [1.165, 1.54) is 0 Å². The van der Waals surface area contributed by atoms with Crippen LogP contribution in [0.1, 0.15) is 41.5 Å².